The zero-order chi connectivity index (χ0) is 25.9. The van der Waals surface area contributed by atoms with Crippen molar-refractivity contribution in [1.82, 2.24) is 4.90 Å². The highest BCUT2D eigenvalue weighted by Gasteiger charge is 2.72. The zero-order valence-corrected chi connectivity index (χ0v) is 22.5. The molecule has 2 aliphatic heterocycles. The van der Waals surface area contributed by atoms with Gasteiger partial charge < -0.3 is 33.9 Å². The molecular formula is C28H42N2O6. The molecule has 0 aromatic heterocycles. The van der Waals surface area contributed by atoms with Crippen LogP contribution in [0.5, 0.6) is 5.75 Å². The summed E-state index contributed by atoms with van der Waals surface area (Å²) in [7, 11) is 5.72. The molecule has 1 N–H and O–H groups in total. The van der Waals surface area contributed by atoms with Gasteiger partial charge in [0.15, 0.2) is 0 Å². The first-order chi connectivity index (χ1) is 17.2. The number of anilines is 1. The Bertz CT molecular complexity index is 924. The van der Waals surface area contributed by atoms with Crippen molar-refractivity contribution in [3.8, 4) is 5.75 Å². The molecule has 1 spiro atoms. The van der Waals surface area contributed by atoms with Crippen LogP contribution in [0.1, 0.15) is 40.0 Å². The van der Waals surface area contributed by atoms with Gasteiger partial charge in [0.25, 0.3) is 0 Å². The predicted molar refractivity (Wildman–Crippen MR) is 138 cm³/mol. The van der Waals surface area contributed by atoms with E-state index in [4.69, 9.17) is 23.7 Å². The first-order valence-corrected chi connectivity index (χ1v) is 13.0. The van der Waals surface area contributed by atoms with Crippen LogP contribution >= 0.6 is 0 Å². The third-order valence-corrected chi connectivity index (χ3v) is 7.62. The van der Waals surface area contributed by atoms with Gasteiger partial charge in [0.05, 0.1) is 18.6 Å². The molecule has 200 valence electrons. The maximum atomic E-state index is 12.8. The third kappa shape index (κ3) is 6.22. The molecule has 8 nitrogen and oxygen atoms in total. The number of carbonyl (C=O) groups excluding carboxylic acids is 1. The Hall–Kier alpha value is -2.13. The number of nitrogens with one attached hydrogen (secondary N) is 1. The van der Waals surface area contributed by atoms with Crippen LogP contribution in [0.25, 0.3) is 0 Å². The van der Waals surface area contributed by atoms with Gasteiger partial charge in [0.2, 0.25) is 0 Å². The largest absolute Gasteiger partial charge is 0.492 e. The molecule has 2 saturated heterocycles. The Morgan fingerprint density at radius 1 is 1.25 bits per heavy atom. The molecule has 2 heterocycles. The lowest BCUT2D eigenvalue weighted by Gasteiger charge is -2.42. The minimum Gasteiger partial charge on any atom is -0.492 e. The number of likely N-dealkylation sites (N-methyl/N-ethyl adjacent to an activating group) is 1. The molecule has 1 saturated carbocycles. The summed E-state index contributed by atoms with van der Waals surface area (Å²) in [4.78, 5) is 14.8. The van der Waals surface area contributed by atoms with Crippen LogP contribution in [0.4, 0.5) is 5.69 Å². The number of hydrogen-bond acceptors (Lipinski definition) is 8. The Morgan fingerprint density at radius 2 is 1.97 bits per heavy atom. The monoisotopic (exact) mass is 502 g/mol. The minimum atomic E-state index is -0.344. The van der Waals surface area contributed by atoms with Crippen LogP contribution in [0.2, 0.25) is 0 Å². The first kappa shape index (κ1) is 26.9. The van der Waals surface area contributed by atoms with Crippen molar-refractivity contribution < 1.29 is 28.5 Å². The molecular weight excluding hydrogens is 460 g/mol. The van der Waals surface area contributed by atoms with Crippen LogP contribution in [0.15, 0.2) is 35.9 Å². The highest BCUT2D eigenvalue weighted by molar-refractivity contribution is 5.75. The van der Waals surface area contributed by atoms with E-state index in [1.54, 1.807) is 7.11 Å². The summed E-state index contributed by atoms with van der Waals surface area (Å²) in [5.41, 5.74) is 1.54. The molecule has 1 aromatic rings. The maximum absolute atomic E-state index is 12.8. The third-order valence-electron chi connectivity index (χ3n) is 7.62. The van der Waals surface area contributed by atoms with Gasteiger partial charge in [-0.3, -0.25) is 4.79 Å². The number of ether oxygens (including phenoxy) is 5. The lowest BCUT2D eigenvalue weighted by atomic mass is 9.68. The number of hydrogen-bond donors (Lipinski definition) is 1. The van der Waals surface area contributed by atoms with Gasteiger partial charge in [0.1, 0.15) is 42.3 Å². The minimum absolute atomic E-state index is 0.0186. The molecule has 1 unspecified atom stereocenters. The van der Waals surface area contributed by atoms with Gasteiger partial charge in [-0.1, -0.05) is 11.6 Å². The summed E-state index contributed by atoms with van der Waals surface area (Å²) >= 11 is 0. The second-order valence-electron chi connectivity index (χ2n) is 10.9. The average Bonchev–Trinajstić information content (AvgIpc) is 3.75. The van der Waals surface area contributed by atoms with E-state index in [0.717, 1.165) is 30.8 Å². The van der Waals surface area contributed by atoms with E-state index in [1.165, 1.54) is 5.57 Å². The Morgan fingerprint density at radius 3 is 2.58 bits per heavy atom. The number of carbonyl (C=O) groups is 1. The first-order valence-electron chi connectivity index (χ1n) is 13.0. The standard InChI is InChI=1S/C28H42N2O6/c1-19(2)7-12-23-27(3,36-23)26-25(32-6)22(13-14-28(26)18-34-28)35-24(31)17-29-20-8-10-21(11-9-20)33-16-15-30(4)5/h7-11,22-23,25-26,29H,12-18H2,1-6H3/t22-,23?,25-,26-,27+,28+/m1/s1. The summed E-state index contributed by atoms with van der Waals surface area (Å²) < 4.78 is 29.9. The van der Waals surface area contributed by atoms with Crippen LogP contribution in [-0.4, -0.2) is 87.9 Å². The van der Waals surface area contributed by atoms with Gasteiger partial charge in [-0.25, -0.2) is 0 Å². The molecule has 0 radical (unpaired) electrons. The van der Waals surface area contributed by atoms with Crippen molar-refractivity contribution in [3.05, 3.63) is 35.9 Å². The number of nitrogens with zero attached hydrogens (tertiary/aromatic N) is 1. The molecule has 3 fully saturated rings. The van der Waals surface area contributed by atoms with Crippen LogP contribution in [0.3, 0.4) is 0 Å². The quantitative estimate of drug-likeness (QED) is 0.263. The topological polar surface area (TPSA) is 85.1 Å². The van der Waals surface area contributed by atoms with Crippen molar-refractivity contribution in [3.63, 3.8) is 0 Å². The van der Waals surface area contributed by atoms with Crippen molar-refractivity contribution in [2.24, 2.45) is 5.92 Å². The predicted octanol–water partition coefficient (Wildman–Crippen LogP) is 3.66. The molecule has 1 aliphatic carbocycles. The number of rotatable bonds is 12. The molecule has 3 aliphatic rings. The number of methoxy groups -OCH3 is 1. The molecule has 4 rings (SSSR count). The second-order valence-corrected chi connectivity index (χ2v) is 10.9. The van der Waals surface area contributed by atoms with E-state index in [2.05, 4.69) is 37.1 Å². The molecule has 8 heteroatoms. The summed E-state index contributed by atoms with van der Waals surface area (Å²) in [5.74, 6) is 0.518. The summed E-state index contributed by atoms with van der Waals surface area (Å²) in [5, 5.41) is 3.15. The normalized spacial score (nSPS) is 32.8. The molecule has 1 aromatic carbocycles. The summed E-state index contributed by atoms with van der Waals surface area (Å²) in [6, 6.07) is 7.60. The number of benzene rings is 1. The fraction of sp³-hybridized carbons (Fsp3) is 0.679. The van der Waals surface area contributed by atoms with Crippen LogP contribution in [0, 0.1) is 5.92 Å². The Labute approximate surface area is 215 Å². The zero-order valence-electron chi connectivity index (χ0n) is 22.5. The van der Waals surface area contributed by atoms with Gasteiger partial charge in [-0.2, -0.15) is 0 Å². The van der Waals surface area contributed by atoms with E-state index in [1.807, 2.05) is 38.4 Å². The van der Waals surface area contributed by atoms with Gasteiger partial charge in [-0.05, 0) is 78.4 Å². The van der Waals surface area contributed by atoms with Gasteiger partial charge >= 0.3 is 5.97 Å². The summed E-state index contributed by atoms with van der Waals surface area (Å²) in [6.07, 6.45) is 4.16. The van der Waals surface area contributed by atoms with Crippen molar-refractivity contribution >= 4 is 11.7 Å². The van der Waals surface area contributed by atoms with E-state index >= 15 is 0 Å². The van der Waals surface area contributed by atoms with Crippen molar-refractivity contribution in [2.45, 2.75) is 69.5 Å². The van der Waals surface area contributed by atoms with Crippen LogP contribution in [-0.2, 0) is 23.7 Å². The summed E-state index contributed by atoms with van der Waals surface area (Å²) in [6.45, 7) is 8.62. The van der Waals surface area contributed by atoms with Gasteiger partial charge in [-0.15, -0.1) is 0 Å². The molecule has 6 atom stereocenters. The molecule has 0 bridgehead atoms. The molecule has 36 heavy (non-hydrogen) atoms. The number of esters is 1. The van der Waals surface area contributed by atoms with E-state index in [9.17, 15) is 4.79 Å². The fourth-order valence-corrected chi connectivity index (χ4v) is 5.47. The van der Waals surface area contributed by atoms with Crippen molar-refractivity contribution in [2.75, 3.05) is 52.8 Å². The van der Waals surface area contributed by atoms with Gasteiger partial charge in [0, 0.05) is 19.3 Å². The number of epoxide rings is 2. The fourth-order valence-electron chi connectivity index (χ4n) is 5.47. The Kier molecular flexibility index (Phi) is 8.29. The lowest BCUT2D eigenvalue weighted by Crippen LogP contribution is -2.55. The highest BCUT2D eigenvalue weighted by Crippen LogP contribution is 2.59. The van der Waals surface area contributed by atoms with E-state index < -0.39 is 0 Å². The Balaban J connectivity index is 1.31. The molecule has 0 amide bonds. The number of allylic oxidation sites excluding steroid dienone is 1. The smallest absolute Gasteiger partial charge is 0.325 e. The SMILES string of the molecule is CO[C@@H]1[C@H](OC(=O)CNc2ccc(OCCN(C)C)cc2)CC[C@]2(CO2)[C@H]1[C@@]1(C)OC1CC=C(C)C. The van der Waals surface area contributed by atoms with Crippen LogP contribution < -0.4 is 10.1 Å². The highest BCUT2D eigenvalue weighted by atomic mass is 16.6. The maximum Gasteiger partial charge on any atom is 0.325 e. The van der Waals surface area contributed by atoms with E-state index in [0.29, 0.717) is 19.6 Å². The van der Waals surface area contributed by atoms with Crippen molar-refractivity contribution in [1.29, 1.82) is 0 Å². The average molecular weight is 503 g/mol. The second kappa shape index (κ2) is 11.1. The lowest BCUT2D eigenvalue weighted by molar-refractivity contribution is -0.170. The van der Waals surface area contributed by atoms with E-state index in [-0.39, 0.29) is 47.9 Å².